The van der Waals surface area contributed by atoms with Gasteiger partial charge in [0.05, 0.1) is 10.6 Å². The predicted molar refractivity (Wildman–Crippen MR) is 133 cm³/mol. The van der Waals surface area contributed by atoms with Gasteiger partial charge < -0.3 is 4.90 Å². The molecule has 0 unspecified atom stereocenters. The summed E-state index contributed by atoms with van der Waals surface area (Å²) in [6.45, 7) is 12.3. The number of fused-ring (bicyclic) bond motifs is 1. The first-order valence-electron chi connectivity index (χ1n) is 10.9. The molecular formula is C26H31N3OS. The van der Waals surface area contributed by atoms with E-state index in [0.717, 1.165) is 29.1 Å². The largest absolute Gasteiger partial charge is 0.366 e. The number of likely N-dealkylation sites (N-methyl/N-ethyl adjacent to an activating group) is 1. The summed E-state index contributed by atoms with van der Waals surface area (Å²) in [5, 5.41) is 0.713. The minimum atomic E-state index is 0.00108. The van der Waals surface area contributed by atoms with Crippen molar-refractivity contribution >= 4 is 40.3 Å². The van der Waals surface area contributed by atoms with E-state index < -0.39 is 0 Å². The van der Waals surface area contributed by atoms with Crippen LogP contribution < -0.4 is 4.90 Å². The van der Waals surface area contributed by atoms with Gasteiger partial charge in [-0.15, -0.1) is 0 Å². The number of aryl methyl sites for hydroxylation is 1. The molecule has 162 valence electrons. The van der Waals surface area contributed by atoms with Gasteiger partial charge in [-0.25, -0.2) is 4.99 Å². The van der Waals surface area contributed by atoms with Gasteiger partial charge in [0.1, 0.15) is 0 Å². The number of hydrogen-bond donors (Lipinski definition) is 0. The molecule has 0 spiro atoms. The molecule has 2 aliphatic heterocycles. The summed E-state index contributed by atoms with van der Waals surface area (Å²) < 4.78 is 0. The van der Waals surface area contributed by atoms with Gasteiger partial charge >= 0.3 is 0 Å². The summed E-state index contributed by atoms with van der Waals surface area (Å²) in [7, 11) is 1.79. The molecule has 0 aliphatic carbocycles. The first-order valence-corrected chi connectivity index (χ1v) is 11.8. The molecule has 4 rings (SSSR count). The monoisotopic (exact) mass is 433 g/mol. The third-order valence-corrected chi connectivity index (χ3v) is 7.42. The molecule has 4 nitrogen and oxygen atoms in total. The molecule has 2 aromatic rings. The molecule has 1 atom stereocenters. The van der Waals surface area contributed by atoms with Gasteiger partial charge in [0.2, 0.25) is 0 Å². The van der Waals surface area contributed by atoms with E-state index >= 15 is 0 Å². The lowest BCUT2D eigenvalue weighted by Gasteiger charge is -2.47. The molecule has 0 saturated carbocycles. The number of anilines is 1. The van der Waals surface area contributed by atoms with Crippen LogP contribution in [-0.2, 0) is 4.79 Å². The zero-order chi connectivity index (χ0) is 22.3. The van der Waals surface area contributed by atoms with Crippen molar-refractivity contribution in [3.05, 3.63) is 64.1 Å². The minimum Gasteiger partial charge on any atom is -0.366 e. The highest BCUT2D eigenvalue weighted by Gasteiger charge is 2.36. The molecule has 2 aliphatic rings. The van der Waals surface area contributed by atoms with Gasteiger partial charge in [0, 0.05) is 24.8 Å². The van der Waals surface area contributed by atoms with Gasteiger partial charge in [-0.3, -0.25) is 9.69 Å². The maximum atomic E-state index is 12.9. The maximum absolute atomic E-state index is 12.9. The molecule has 1 amide bonds. The predicted octanol–water partition coefficient (Wildman–Crippen LogP) is 6.34. The fourth-order valence-corrected chi connectivity index (χ4v) is 5.79. The smallest absolute Gasteiger partial charge is 0.266 e. The van der Waals surface area contributed by atoms with Crippen molar-refractivity contribution in [2.45, 2.75) is 52.5 Å². The van der Waals surface area contributed by atoms with Crippen LogP contribution in [0.1, 0.15) is 56.7 Å². The Morgan fingerprint density at radius 3 is 2.61 bits per heavy atom. The van der Waals surface area contributed by atoms with Crippen molar-refractivity contribution in [2.75, 3.05) is 18.5 Å². The van der Waals surface area contributed by atoms with Crippen molar-refractivity contribution in [3.63, 3.8) is 0 Å². The van der Waals surface area contributed by atoms with Crippen LogP contribution in [0, 0.1) is 6.92 Å². The van der Waals surface area contributed by atoms with E-state index in [4.69, 9.17) is 0 Å². The molecule has 31 heavy (non-hydrogen) atoms. The Labute approximate surface area is 190 Å². The number of carbonyl (C=O) groups excluding carboxylic acids is 1. The highest BCUT2D eigenvalue weighted by Crippen LogP contribution is 2.45. The fourth-order valence-electron chi connectivity index (χ4n) is 4.81. The summed E-state index contributed by atoms with van der Waals surface area (Å²) >= 11 is 1.45. The Balaban J connectivity index is 1.70. The molecule has 0 radical (unpaired) electrons. The number of hydrogen-bond acceptors (Lipinski definition) is 4. The second-order valence-electron chi connectivity index (χ2n) is 9.13. The molecule has 2 aromatic carbocycles. The normalized spacial score (nSPS) is 23.0. The van der Waals surface area contributed by atoms with Crippen molar-refractivity contribution in [2.24, 2.45) is 4.99 Å². The quantitative estimate of drug-likeness (QED) is 0.530. The van der Waals surface area contributed by atoms with E-state index in [9.17, 15) is 4.79 Å². The number of benzene rings is 2. The number of amidine groups is 1. The molecule has 2 heterocycles. The Kier molecular flexibility index (Phi) is 5.73. The molecule has 5 heteroatoms. The van der Waals surface area contributed by atoms with Crippen molar-refractivity contribution in [1.82, 2.24) is 4.90 Å². The lowest BCUT2D eigenvalue weighted by Crippen LogP contribution is -2.48. The zero-order valence-electron chi connectivity index (χ0n) is 19.3. The first kappa shape index (κ1) is 21.7. The number of nitrogens with zero attached hydrogens (tertiary/aromatic N) is 3. The second-order valence-corrected chi connectivity index (χ2v) is 10.1. The molecule has 0 aromatic heterocycles. The van der Waals surface area contributed by atoms with E-state index in [1.807, 2.05) is 36.4 Å². The highest BCUT2D eigenvalue weighted by molar-refractivity contribution is 8.18. The van der Waals surface area contributed by atoms with Crippen LogP contribution in [0.4, 0.5) is 11.4 Å². The first-order chi connectivity index (χ1) is 14.7. The van der Waals surface area contributed by atoms with Crippen LogP contribution in [0.25, 0.3) is 6.08 Å². The third kappa shape index (κ3) is 4.03. The van der Waals surface area contributed by atoms with Crippen molar-refractivity contribution in [1.29, 1.82) is 0 Å². The van der Waals surface area contributed by atoms with E-state index in [1.54, 1.807) is 11.9 Å². The van der Waals surface area contributed by atoms with E-state index in [0.29, 0.717) is 11.1 Å². The summed E-state index contributed by atoms with van der Waals surface area (Å²) in [6.07, 6.45) is 3.16. The maximum Gasteiger partial charge on any atom is 0.266 e. The van der Waals surface area contributed by atoms with Crippen molar-refractivity contribution < 1.29 is 4.79 Å². The molecule has 0 bridgehead atoms. The Morgan fingerprint density at radius 1 is 1.23 bits per heavy atom. The summed E-state index contributed by atoms with van der Waals surface area (Å²) in [4.78, 5) is 22.4. The Morgan fingerprint density at radius 2 is 1.94 bits per heavy atom. The zero-order valence-corrected chi connectivity index (χ0v) is 20.1. The summed E-state index contributed by atoms with van der Waals surface area (Å²) in [5.74, 6) is 0.483. The van der Waals surface area contributed by atoms with Crippen molar-refractivity contribution in [3.8, 4) is 0 Å². The second kappa shape index (κ2) is 8.19. The number of para-hydroxylation sites is 1. The van der Waals surface area contributed by atoms with Crippen LogP contribution in [0.15, 0.2) is 52.4 Å². The average Bonchev–Trinajstić information content (AvgIpc) is 2.97. The fraction of sp³-hybridized carbons (Fsp3) is 0.385. The van der Waals surface area contributed by atoms with E-state index in [-0.39, 0.29) is 11.4 Å². The summed E-state index contributed by atoms with van der Waals surface area (Å²) in [6, 6.07) is 14.4. The minimum absolute atomic E-state index is 0.00108. The Bertz CT molecular complexity index is 1070. The summed E-state index contributed by atoms with van der Waals surface area (Å²) in [5.41, 5.74) is 6.02. The molecule has 1 fully saturated rings. The number of aliphatic imine (C=N–C) groups is 1. The number of thioether (sulfide) groups is 1. The molecule has 1 saturated heterocycles. The van der Waals surface area contributed by atoms with E-state index in [1.165, 1.54) is 28.6 Å². The topological polar surface area (TPSA) is 35.9 Å². The number of carbonyl (C=O) groups is 1. The molecular weight excluding hydrogens is 402 g/mol. The number of amides is 1. The van der Waals surface area contributed by atoms with Gasteiger partial charge in [-0.2, -0.15) is 0 Å². The lowest BCUT2D eigenvalue weighted by atomic mass is 9.79. The Hall–Kier alpha value is -2.53. The van der Waals surface area contributed by atoms with Crippen LogP contribution >= 0.6 is 11.8 Å². The van der Waals surface area contributed by atoms with E-state index in [2.05, 4.69) is 56.6 Å². The van der Waals surface area contributed by atoms with Crippen LogP contribution in [0.2, 0.25) is 0 Å². The third-order valence-electron chi connectivity index (χ3n) is 6.36. The van der Waals surface area contributed by atoms with Crippen LogP contribution in [0.5, 0.6) is 0 Å². The SMILES string of the molecule is CCN1c2cc(C)c(/C=C3\SC(=Nc4ccccc4)N(C)C3=O)cc2[C@H](C)CC1(C)C. The number of rotatable bonds is 3. The van der Waals surface area contributed by atoms with Gasteiger partial charge in [0.25, 0.3) is 5.91 Å². The van der Waals surface area contributed by atoms with Crippen LogP contribution in [-0.4, -0.2) is 35.1 Å². The van der Waals surface area contributed by atoms with Gasteiger partial charge in [-0.05, 0) is 98.8 Å². The van der Waals surface area contributed by atoms with Gasteiger partial charge in [-0.1, -0.05) is 25.1 Å². The molecule has 0 N–H and O–H groups in total. The lowest BCUT2D eigenvalue weighted by molar-refractivity contribution is -0.121. The van der Waals surface area contributed by atoms with Crippen LogP contribution in [0.3, 0.4) is 0 Å². The van der Waals surface area contributed by atoms with Gasteiger partial charge in [0.15, 0.2) is 5.17 Å². The average molecular weight is 434 g/mol. The standard InChI is InChI=1S/C26H31N3OS/c1-7-29-22-13-17(2)19(14-21(22)18(3)16-26(29,4)5)15-23-24(30)28(6)25(31-23)27-20-11-9-8-10-12-20/h8-15,18H,7,16H2,1-6H3/b23-15-,27-25?/t18-/m1/s1. The highest BCUT2D eigenvalue weighted by atomic mass is 32.2.